The summed E-state index contributed by atoms with van der Waals surface area (Å²) in [4.78, 5) is 0. The van der Waals surface area contributed by atoms with Crippen LogP contribution in [0.25, 0.3) is 0 Å². The fourth-order valence-electron chi connectivity index (χ4n) is 8.32. The Morgan fingerprint density at radius 3 is 1.26 bits per heavy atom. The highest BCUT2D eigenvalue weighted by atomic mass is 16.3. The fraction of sp³-hybridized carbons (Fsp3) is 0.700. The second kappa shape index (κ2) is 18.0. The van der Waals surface area contributed by atoms with E-state index in [1.54, 1.807) is 0 Å². The van der Waals surface area contributed by atoms with Crippen molar-refractivity contribution < 1.29 is 10.2 Å². The van der Waals surface area contributed by atoms with Gasteiger partial charge in [0, 0.05) is 5.41 Å². The van der Waals surface area contributed by atoms with Crippen molar-refractivity contribution in [3.63, 3.8) is 0 Å². The molecule has 0 radical (unpaired) electrons. The Labute approximate surface area is 258 Å². The molecule has 42 heavy (non-hydrogen) atoms. The van der Waals surface area contributed by atoms with Crippen molar-refractivity contribution in [3.8, 4) is 11.5 Å². The average molecular weight is 575 g/mol. The maximum absolute atomic E-state index is 9.89. The van der Waals surface area contributed by atoms with Crippen LogP contribution in [0, 0.1) is 17.8 Å². The van der Waals surface area contributed by atoms with E-state index in [2.05, 4.69) is 31.2 Å². The van der Waals surface area contributed by atoms with E-state index in [-0.39, 0.29) is 5.41 Å². The molecule has 2 fully saturated rings. The normalized spacial score (nSPS) is 21.0. The molecule has 0 unspecified atom stereocenters. The second-order valence-electron chi connectivity index (χ2n) is 14.3. The van der Waals surface area contributed by atoms with Gasteiger partial charge in [0.2, 0.25) is 0 Å². The van der Waals surface area contributed by atoms with Crippen molar-refractivity contribution in [1.29, 1.82) is 0 Å². The molecule has 0 aromatic heterocycles. The zero-order valence-corrected chi connectivity index (χ0v) is 27.0. The van der Waals surface area contributed by atoms with Crippen molar-refractivity contribution in [2.75, 3.05) is 0 Å². The van der Waals surface area contributed by atoms with Crippen LogP contribution in [-0.2, 0) is 5.41 Å². The summed E-state index contributed by atoms with van der Waals surface area (Å²) in [6.07, 6.45) is 32.5. The molecule has 4 rings (SSSR count). The Morgan fingerprint density at radius 2 is 0.833 bits per heavy atom. The molecular formula is C40H62O2. The van der Waals surface area contributed by atoms with E-state index in [4.69, 9.17) is 0 Å². The van der Waals surface area contributed by atoms with Crippen LogP contribution in [0.15, 0.2) is 48.5 Å². The third-order valence-electron chi connectivity index (χ3n) is 11.2. The number of rotatable bonds is 18. The molecule has 2 nitrogen and oxygen atoms in total. The lowest BCUT2D eigenvalue weighted by Crippen LogP contribution is -2.33. The molecule has 0 spiro atoms. The smallest absolute Gasteiger partial charge is 0.115 e. The molecule has 2 saturated carbocycles. The van der Waals surface area contributed by atoms with Gasteiger partial charge in [-0.05, 0) is 78.8 Å². The van der Waals surface area contributed by atoms with E-state index in [0.717, 1.165) is 30.6 Å². The summed E-state index contributed by atoms with van der Waals surface area (Å²) < 4.78 is 0. The van der Waals surface area contributed by atoms with Crippen LogP contribution in [-0.4, -0.2) is 10.2 Å². The first kappa shape index (κ1) is 32.9. The Hall–Kier alpha value is -1.96. The minimum absolute atomic E-state index is 0.0101. The number of phenolic OH excluding ortho intramolecular Hbond substituents is 2. The van der Waals surface area contributed by atoms with Crippen LogP contribution >= 0.6 is 0 Å². The lowest BCUT2D eigenvalue weighted by molar-refractivity contribution is 0.208. The Morgan fingerprint density at radius 1 is 0.476 bits per heavy atom. The first-order chi connectivity index (χ1) is 20.6. The van der Waals surface area contributed by atoms with Gasteiger partial charge in [0.05, 0.1) is 0 Å². The number of phenols is 2. The number of benzene rings is 2. The van der Waals surface area contributed by atoms with E-state index in [1.165, 1.54) is 146 Å². The van der Waals surface area contributed by atoms with Gasteiger partial charge in [0.15, 0.2) is 0 Å². The summed E-state index contributed by atoms with van der Waals surface area (Å²) in [7, 11) is 0. The van der Waals surface area contributed by atoms with Gasteiger partial charge in [-0.1, -0.05) is 153 Å². The Bertz CT molecular complexity index is 914. The molecular weight excluding hydrogens is 512 g/mol. The molecule has 0 amide bonds. The molecule has 2 aliphatic carbocycles. The molecule has 2 aromatic carbocycles. The number of unbranched alkanes of at least 4 members (excludes halogenated alkanes) is 11. The van der Waals surface area contributed by atoms with E-state index < -0.39 is 0 Å². The summed E-state index contributed by atoms with van der Waals surface area (Å²) in [5, 5.41) is 19.8. The zero-order chi connectivity index (χ0) is 29.5. The van der Waals surface area contributed by atoms with E-state index in [1.807, 2.05) is 24.3 Å². The number of aromatic hydroxyl groups is 2. The predicted octanol–water partition coefficient (Wildman–Crippen LogP) is 12.3. The van der Waals surface area contributed by atoms with Crippen molar-refractivity contribution in [2.45, 2.75) is 160 Å². The van der Waals surface area contributed by atoms with Gasteiger partial charge in [0.25, 0.3) is 0 Å². The summed E-state index contributed by atoms with van der Waals surface area (Å²) in [6, 6.07) is 15.8. The molecule has 0 heterocycles. The highest BCUT2D eigenvalue weighted by molar-refractivity contribution is 5.43. The molecule has 0 atom stereocenters. The topological polar surface area (TPSA) is 40.5 Å². The zero-order valence-electron chi connectivity index (χ0n) is 27.0. The van der Waals surface area contributed by atoms with Crippen LogP contribution < -0.4 is 0 Å². The molecule has 0 saturated heterocycles. The molecule has 234 valence electrons. The predicted molar refractivity (Wildman–Crippen MR) is 179 cm³/mol. The van der Waals surface area contributed by atoms with Gasteiger partial charge >= 0.3 is 0 Å². The first-order valence-corrected chi connectivity index (χ1v) is 18.2. The summed E-state index contributed by atoms with van der Waals surface area (Å²) in [5.41, 5.74) is 2.59. The molecule has 0 bridgehead atoms. The summed E-state index contributed by atoms with van der Waals surface area (Å²) >= 11 is 0. The van der Waals surface area contributed by atoms with Crippen LogP contribution in [0.1, 0.15) is 166 Å². The van der Waals surface area contributed by atoms with Crippen LogP contribution in [0.3, 0.4) is 0 Å². The first-order valence-electron chi connectivity index (χ1n) is 18.2. The molecule has 2 heteroatoms. The molecule has 2 N–H and O–H groups in total. The van der Waals surface area contributed by atoms with Crippen molar-refractivity contribution >= 4 is 0 Å². The van der Waals surface area contributed by atoms with E-state index in [0.29, 0.717) is 11.5 Å². The lowest BCUT2D eigenvalue weighted by atomic mass is 9.62. The minimum Gasteiger partial charge on any atom is -0.508 e. The quantitative estimate of drug-likeness (QED) is 0.174. The van der Waals surface area contributed by atoms with E-state index in [9.17, 15) is 10.2 Å². The maximum Gasteiger partial charge on any atom is 0.115 e. The highest BCUT2D eigenvalue weighted by Crippen LogP contribution is 2.48. The second-order valence-corrected chi connectivity index (χ2v) is 14.3. The number of hydrogen-bond acceptors (Lipinski definition) is 2. The largest absolute Gasteiger partial charge is 0.508 e. The Kier molecular flexibility index (Phi) is 14.1. The summed E-state index contributed by atoms with van der Waals surface area (Å²) in [6.45, 7) is 2.30. The van der Waals surface area contributed by atoms with E-state index >= 15 is 0 Å². The van der Waals surface area contributed by atoms with Crippen LogP contribution in [0.5, 0.6) is 11.5 Å². The van der Waals surface area contributed by atoms with Crippen molar-refractivity contribution in [1.82, 2.24) is 0 Å². The average Bonchev–Trinajstić information content (AvgIpc) is 3.02. The third kappa shape index (κ3) is 10.3. The summed E-state index contributed by atoms with van der Waals surface area (Å²) in [5.74, 6) is 3.47. The van der Waals surface area contributed by atoms with Crippen molar-refractivity contribution in [3.05, 3.63) is 59.7 Å². The molecule has 2 aliphatic rings. The maximum atomic E-state index is 9.89. The van der Waals surface area contributed by atoms with Gasteiger partial charge < -0.3 is 10.2 Å². The van der Waals surface area contributed by atoms with Gasteiger partial charge in [-0.15, -0.1) is 0 Å². The SMILES string of the molecule is CCCCCCCCCCCCCC[C@H]1CC[C@H](CCC2CCC(c3ccc(O)cc3)(c3ccc(O)cc3)CC2)CC1. The van der Waals surface area contributed by atoms with Crippen molar-refractivity contribution in [2.24, 2.45) is 17.8 Å². The van der Waals surface area contributed by atoms with Gasteiger partial charge in [-0.2, -0.15) is 0 Å². The van der Waals surface area contributed by atoms with Gasteiger partial charge in [0.1, 0.15) is 11.5 Å². The van der Waals surface area contributed by atoms with Crippen LogP contribution in [0.4, 0.5) is 0 Å². The van der Waals surface area contributed by atoms with Gasteiger partial charge in [-0.3, -0.25) is 0 Å². The van der Waals surface area contributed by atoms with Gasteiger partial charge in [-0.25, -0.2) is 0 Å². The lowest BCUT2D eigenvalue weighted by Gasteiger charge is -2.42. The fourth-order valence-corrected chi connectivity index (χ4v) is 8.32. The number of hydrogen-bond donors (Lipinski definition) is 2. The molecule has 0 aliphatic heterocycles. The third-order valence-corrected chi connectivity index (χ3v) is 11.2. The standard InChI is InChI=1S/C40H62O2/c1-2-3-4-5-6-7-8-9-10-11-12-13-14-33-15-17-34(18-16-33)19-20-35-29-31-40(32-30-35,36-21-25-38(41)26-22-36)37-23-27-39(42)28-24-37/h21-28,33-35,41-42H,2-20,29-32H2,1H3/t33-,34-. The minimum atomic E-state index is -0.0101. The van der Waals surface area contributed by atoms with Crippen LogP contribution in [0.2, 0.25) is 0 Å². The molecule has 2 aromatic rings. The Balaban J connectivity index is 1.08. The monoisotopic (exact) mass is 574 g/mol. The highest BCUT2D eigenvalue weighted by Gasteiger charge is 2.38.